The van der Waals surface area contributed by atoms with Crippen LogP contribution < -0.4 is 5.46 Å². The van der Waals surface area contributed by atoms with Crippen LogP contribution in [0.3, 0.4) is 0 Å². The largest absolute Gasteiger partial charge is 0.490 e. The predicted octanol–water partition coefficient (Wildman–Crippen LogP) is 0.136. The van der Waals surface area contributed by atoms with Gasteiger partial charge in [-0.25, -0.2) is 0 Å². The monoisotopic (exact) mass is 240 g/mol. The highest BCUT2D eigenvalue weighted by molar-refractivity contribution is 6.63. The fourth-order valence-corrected chi connectivity index (χ4v) is 2.21. The molecule has 0 heterocycles. The maximum atomic E-state index is 11.2. The number of aliphatic carboxylic acids is 1. The van der Waals surface area contributed by atoms with Gasteiger partial charge in [-0.3, -0.25) is 4.79 Å². The second kappa shape index (κ2) is 3.77. The second-order valence-electron chi connectivity index (χ2n) is 3.96. The lowest BCUT2D eigenvalue weighted by Crippen LogP contribution is -2.38. The van der Waals surface area contributed by atoms with E-state index in [1.54, 1.807) is 12.1 Å². The zero-order chi connectivity index (χ0) is 11.9. The van der Waals surface area contributed by atoms with Crippen LogP contribution in [0.4, 0.5) is 0 Å². The molecule has 84 valence electrons. The molecule has 1 fully saturated rings. The van der Waals surface area contributed by atoms with Crippen LogP contribution in [0, 0.1) is 0 Å². The molecular weight excluding hydrogens is 230 g/mol. The van der Waals surface area contributed by atoms with Crippen molar-refractivity contribution in [2.24, 2.45) is 0 Å². The van der Waals surface area contributed by atoms with Crippen molar-refractivity contribution in [2.75, 3.05) is 0 Å². The summed E-state index contributed by atoms with van der Waals surface area (Å²) in [5.74, 6) is -0.948. The summed E-state index contributed by atoms with van der Waals surface area (Å²) in [4.78, 5) is 11.2. The number of carboxylic acids is 1. The Labute approximate surface area is 97.6 Å². The highest BCUT2D eigenvalue weighted by Crippen LogP contribution is 2.48. The van der Waals surface area contributed by atoms with Crippen molar-refractivity contribution >= 4 is 30.2 Å². The smallest absolute Gasteiger partial charge is 0.481 e. The van der Waals surface area contributed by atoms with Crippen molar-refractivity contribution in [2.45, 2.75) is 18.3 Å². The summed E-state index contributed by atoms with van der Waals surface area (Å²) in [6, 6.07) is 4.71. The molecule has 0 aliphatic heterocycles. The van der Waals surface area contributed by atoms with Crippen LogP contribution in [0.5, 0.6) is 0 Å². The molecule has 16 heavy (non-hydrogen) atoms. The number of benzene rings is 1. The number of carboxylic acid groups (broad SMARTS) is 1. The van der Waals surface area contributed by atoms with Crippen molar-refractivity contribution in [1.82, 2.24) is 0 Å². The van der Waals surface area contributed by atoms with Crippen molar-refractivity contribution in [3.63, 3.8) is 0 Å². The average molecular weight is 240 g/mol. The highest BCUT2D eigenvalue weighted by atomic mass is 35.5. The van der Waals surface area contributed by atoms with Gasteiger partial charge in [0, 0.05) is 10.5 Å². The molecule has 3 N–H and O–H groups in total. The van der Waals surface area contributed by atoms with Crippen LogP contribution in [0.1, 0.15) is 18.4 Å². The van der Waals surface area contributed by atoms with Crippen LogP contribution in [0.25, 0.3) is 0 Å². The molecule has 0 unspecified atom stereocenters. The van der Waals surface area contributed by atoms with E-state index in [-0.39, 0.29) is 10.5 Å². The van der Waals surface area contributed by atoms with E-state index < -0.39 is 18.5 Å². The first-order chi connectivity index (χ1) is 7.49. The Morgan fingerprint density at radius 3 is 2.44 bits per heavy atom. The predicted molar refractivity (Wildman–Crippen MR) is 59.8 cm³/mol. The van der Waals surface area contributed by atoms with Crippen LogP contribution in [0.2, 0.25) is 5.02 Å². The van der Waals surface area contributed by atoms with Gasteiger partial charge in [0.1, 0.15) is 0 Å². The van der Waals surface area contributed by atoms with Gasteiger partial charge in [0.05, 0.1) is 5.41 Å². The van der Waals surface area contributed by atoms with E-state index >= 15 is 0 Å². The molecule has 1 aliphatic rings. The standard InChI is InChI=1S/C10H10BClO4/c12-7-3-1-2-6(8(7)11(15)16)10(4-5-10)9(13)14/h1-3,15-16H,4-5H2,(H,13,14). The number of carbonyl (C=O) groups is 1. The molecule has 0 atom stereocenters. The number of halogens is 1. The summed E-state index contributed by atoms with van der Waals surface area (Å²) in [5.41, 5.74) is -0.476. The SMILES string of the molecule is O=C(O)C1(c2cccc(Cl)c2B(O)O)CC1. The Morgan fingerprint density at radius 2 is 2.00 bits per heavy atom. The van der Waals surface area contributed by atoms with E-state index in [2.05, 4.69) is 0 Å². The Balaban J connectivity index is 2.57. The second-order valence-corrected chi connectivity index (χ2v) is 4.37. The number of hydrogen-bond donors (Lipinski definition) is 3. The minimum atomic E-state index is -1.75. The van der Waals surface area contributed by atoms with Gasteiger partial charge in [0.2, 0.25) is 0 Å². The molecule has 1 saturated carbocycles. The van der Waals surface area contributed by atoms with Crippen molar-refractivity contribution in [3.8, 4) is 0 Å². The molecule has 6 heteroatoms. The molecule has 0 radical (unpaired) electrons. The lowest BCUT2D eigenvalue weighted by Gasteiger charge is -2.16. The minimum Gasteiger partial charge on any atom is -0.481 e. The van der Waals surface area contributed by atoms with E-state index in [1.165, 1.54) is 6.07 Å². The number of rotatable bonds is 3. The summed E-state index contributed by atoms with van der Waals surface area (Å²) in [6.07, 6.45) is 1.00. The maximum Gasteiger partial charge on any atom is 0.490 e. The molecule has 1 aliphatic carbocycles. The third-order valence-corrected chi connectivity index (χ3v) is 3.32. The first kappa shape index (κ1) is 11.5. The molecule has 1 aromatic rings. The highest BCUT2D eigenvalue weighted by Gasteiger charge is 2.53. The summed E-state index contributed by atoms with van der Waals surface area (Å²) in [6.45, 7) is 0. The first-order valence-electron chi connectivity index (χ1n) is 4.87. The van der Waals surface area contributed by atoms with Gasteiger partial charge < -0.3 is 15.2 Å². The molecule has 2 rings (SSSR count). The van der Waals surface area contributed by atoms with Crippen LogP contribution in [-0.2, 0) is 10.2 Å². The summed E-state index contributed by atoms with van der Waals surface area (Å²) >= 11 is 5.85. The van der Waals surface area contributed by atoms with Crippen LogP contribution >= 0.6 is 11.6 Å². The fraction of sp³-hybridized carbons (Fsp3) is 0.300. The molecule has 0 spiro atoms. The lowest BCUT2D eigenvalue weighted by atomic mass is 9.73. The topological polar surface area (TPSA) is 77.8 Å². The van der Waals surface area contributed by atoms with Crippen LogP contribution in [-0.4, -0.2) is 28.2 Å². The van der Waals surface area contributed by atoms with Gasteiger partial charge in [0.25, 0.3) is 0 Å². The first-order valence-corrected chi connectivity index (χ1v) is 5.25. The lowest BCUT2D eigenvalue weighted by molar-refractivity contribution is -0.140. The van der Waals surface area contributed by atoms with E-state index in [4.69, 9.17) is 16.7 Å². The average Bonchev–Trinajstić information content (AvgIpc) is 2.97. The fourth-order valence-electron chi connectivity index (χ4n) is 1.94. The van der Waals surface area contributed by atoms with E-state index in [9.17, 15) is 14.8 Å². The van der Waals surface area contributed by atoms with Gasteiger partial charge in [-0.2, -0.15) is 0 Å². The Morgan fingerprint density at radius 1 is 1.38 bits per heavy atom. The molecular formula is C10H10BClO4. The van der Waals surface area contributed by atoms with Gasteiger partial charge in [-0.05, 0) is 24.5 Å². The Hall–Kier alpha value is -1.04. The third kappa shape index (κ3) is 1.61. The molecule has 0 saturated heterocycles. The zero-order valence-corrected chi connectivity index (χ0v) is 9.11. The van der Waals surface area contributed by atoms with Crippen molar-refractivity contribution < 1.29 is 19.9 Å². The Bertz CT molecular complexity index is 442. The molecule has 0 amide bonds. The van der Waals surface area contributed by atoms with Gasteiger partial charge in [0.15, 0.2) is 0 Å². The van der Waals surface area contributed by atoms with E-state index in [0.717, 1.165) is 0 Å². The quantitative estimate of drug-likeness (QED) is 0.657. The van der Waals surface area contributed by atoms with E-state index in [0.29, 0.717) is 18.4 Å². The molecule has 0 aromatic heterocycles. The zero-order valence-electron chi connectivity index (χ0n) is 8.35. The third-order valence-electron chi connectivity index (χ3n) is 2.99. The van der Waals surface area contributed by atoms with Crippen molar-refractivity contribution in [1.29, 1.82) is 0 Å². The Kier molecular flexibility index (Phi) is 2.70. The maximum absolute atomic E-state index is 11.2. The summed E-state index contributed by atoms with van der Waals surface area (Å²) < 4.78 is 0. The van der Waals surface area contributed by atoms with Gasteiger partial charge in [-0.1, -0.05) is 23.7 Å². The molecule has 1 aromatic carbocycles. The normalized spacial score (nSPS) is 16.9. The number of hydrogen-bond acceptors (Lipinski definition) is 3. The minimum absolute atomic E-state index is 0.101. The van der Waals surface area contributed by atoms with Gasteiger partial charge in [-0.15, -0.1) is 0 Å². The van der Waals surface area contributed by atoms with Crippen LogP contribution in [0.15, 0.2) is 18.2 Å². The molecule has 4 nitrogen and oxygen atoms in total. The van der Waals surface area contributed by atoms with Gasteiger partial charge >= 0.3 is 13.1 Å². The molecule has 0 bridgehead atoms. The van der Waals surface area contributed by atoms with E-state index in [1.807, 2.05) is 0 Å². The summed E-state index contributed by atoms with van der Waals surface area (Å²) in [7, 11) is -1.75. The summed E-state index contributed by atoms with van der Waals surface area (Å²) in [5, 5.41) is 27.8. The van der Waals surface area contributed by atoms with Crippen molar-refractivity contribution in [3.05, 3.63) is 28.8 Å².